The Hall–Kier alpha value is -2.92. The number of hydrogen-bond acceptors (Lipinski definition) is 3. The van der Waals surface area contributed by atoms with Crippen LogP contribution in [-0.2, 0) is 12.8 Å². The predicted octanol–water partition coefficient (Wildman–Crippen LogP) is 4.67. The molecule has 28 heavy (non-hydrogen) atoms. The van der Waals surface area contributed by atoms with Crippen molar-refractivity contribution in [3.8, 4) is 0 Å². The second kappa shape index (κ2) is 7.98. The van der Waals surface area contributed by atoms with Gasteiger partial charge in [0.05, 0.1) is 11.1 Å². The summed E-state index contributed by atoms with van der Waals surface area (Å²) in [7, 11) is 0. The van der Waals surface area contributed by atoms with Gasteiger partial charge in [-0.3, -0.25) is 9.59 Å². The van der Waals surface area contributed by atoms with E-state index in [1.165, 1.54) is 0 Å². The van der Waals surface area contributed by atoms with Crippen molar-refractivity contribution in [2.45, 2.75) is 33.6 Å². The smallest absolute Gasteiger partial charge is 0.275 e. The second-order valence-corrected chi connectivity index (χ2v) is 7.02. The van der Waals surface area contributed by atoms with Crippen molar-refractivity contribution in [2.24, 2.45) is 5.73 Å². The lowest BCUT2D eigenvalue weighted by molar-refractivity contribution is 0.0974. The lowest BCUT2D eigenvalue weighted by atomic mass is 10.0. The summed E-state index contributed by atoms with van der Waals surface area (Å²) in [6.45, 7) is 5.88. The number of anilines is 1. The van der Waals surface area contributed by atoms with Gasteiger partial charge in [-0.05, 0) is 48.6 Å². The van der Waals surface area contributed by atoms with Crippen LogP contribution in [0.2, 0.25) is 5.02 Å². The maximum absolute atomic E-state index is 13.1. The van der Waals surface area contributed by atoms with Crippen molar-refractivity contribution in [1.29, 1.82) is 0 Å². The van der Waals surface area contributed by atoms with Crippen molar-refractivity contribution < 1.29 is 9.59 Å². The van der Waals surface area contributed by atoms with Crippen LogP contribution >= 0.6 is 11.6 Å². The Morgan fingerprint density at radius 3 is 2.54 bits per heavy atom. The van der Waals surface area contributed by atoms with Gasteiger partial charge in [-0.2, -0.15) is 0 Å². The van der Waals surface area contributed by atoms with E-state index in [1.54, 1.807) is 6.07 Å². The van der Waals surface area contributed by atoms with Crippen molar-refractivity contribution in [3.05, 3.63) is 69.4 Å². The van der Waals surface area contributed by atoms with E-state index in [1.807, 2.05) is 51.1 Å². The molecule has 0 unspecified atom stereocenters. The van der Waals surface area contributed by atoms with E-state index in [9.17, 15) is 9.59 Å². The summed E-state index contributed by atoms with van der Waals surface area (Å²) < 4.78 is 0. The highest BCUT2D eigenvalue weighted by molar-refractivity contribution is 6.32. The maximum Gasteiger partial charge on any atom is 0.275 e. The molecule has 3 aromatic rings. The van der Waals surface area contributed by atoms with Crippen LogP contribution in [0.3, 0.4) is 0 Å². The fourth-order valence-electron chi connectivity index (χ4n) is 3.35. The molecule has 0 aliphatic heterocycles. The number of carbonyl (C=O) groups is 2. The monoisotopic (exact) mass is 395 g/mol. The zero-order valence-electron chi connectivity index (χ0n) is 16.1. The van der Waals surface area contributed by atoms with Gasteiger partial charge in [0.2, 0.25) is 0 Å². The quantitative estimate of drug-likeness (QED) is 0.658. The van der Waals surface area contributed by atoms with Gasteiger partial charge < -0.3 is 11.1 Å². The normalized spacial score (nSPS) is 10.9. The molecule has 0 aliphatic carbocycles. The molecule has 3 rings (SSSR count). The number of nitrogens with one attached hydrogen (secondary N) is 1. The number of pyridine rings is 1. The molecule has 6 heteroatoms. The van der Waals surface area contributed by atoms with Crippen LogP contribution in [-0.4, -0.2) is 16.8 Å². The van der Waals surface area contributed by atoms with Crippen LogP contribution in [0, 0.1) is 6.92 Å². The Labute approximate surface area is 168 Å². The first-order valence-electron chi connectivity index (χ1n) is 9.19. The van der Waals surface area contributed by atoms with E-state index < -0.39 is 11.8 Å². The minimum absolute atomic E-state index is 0.0124. The molecule has 3 N–H and O–H groups in total. The number of fused-ring (bicyclic) bond motifs is 1. The average Bonchev–Trinajstić information content (AvgIpc) is 2.67. The van der Waals surface area contributed by atoms with Crippen molar-refractivity contribution >= 4 is 40.0 Å². The Balaban J connectivity index is 2.15. The molecular formula is C22H22ClN3O2. The molecule has 0 radical (unpaired) electrons. The van der Waals surface area contributed by atoms with Gasteiger partial charge in [-0.15, -0.1) is 0 Å². The van der Waals surface area contributed by atoms with Crippen LogP contribution in [0.15, 0.2) is 36.4 Å². The Morgan fingerprint density at radius 1 is 1.14 bits per heavy atom. The summed E-state index contributed by atoms with van der Waals surface area (Å²) >= 11 is 6.33. The third-order valence-electron chi connectivity index (χ3n) is 4.84. The summed E-state index contributed by atoms with van der Waals surface area (Å²) in [5, 5.41) is 4.27. The van der Waals surface area contributed by atoms with E-state index in [0.717, 1.165) is 28.5 Å². The highest BCUT2D eigenvalue weighted by atomic mass is 35.5. The predicted molar refractivity (Wildman–Crippen MR) is 113 cm³/mol. The summed E-state index contributed by atoms with van der Waals surface area (Å²) in [5.74, 6) is -1.18. The molecule has 0 saturated heterocycles. The number of primary amides is 1. The standard InChI is InChI=1S/C22H22ClN3O2/c1-4-13-9-10-17(23)15(5-2)19(13)26-22(28)20-16(21(24)27)11-14-8-6-7-12(3)18(14)25-20/h6-11H,4-5H2,1-3H3,(H2,24,27)(H,26,28). The number of nitrogens with zero attached hydrogens (tertiary/aromatic N) is 1. The number of para-hydroxylation sites is 1. The van der Waals surface area contributed by atoms with Gasteiger partial charge in [-0.1, -0.05) is 49.7 Å². The largest absolute Gasteiger partial charge is 0.366 e. The Bertz CT molecular complexity index is 1090. The summed E-state index contributed by atoms with van der Waals surface area (Å²) in [4.78, 5) is 29.6. The van der Waals surface area contributed by atoms with E-state index in [4.69, 9.17) is 17.3 Å². The molecule has 0 bridgehead atoms. The van der Waals surface area contributed by atoms with E-state index in [-0.39, 0.29) is 11.3 Å². The third kappa shape index (κ3) is 3.58. The number of aryl methyl sites for hydroxylation is 2. The second-order valence-electron chi connectivity index (χ2n) is 6.62. The zero-order valence-corrected chi connectivity index (χ0v) is 16.9. The molecule has 0 spiro atoms. The molecule has 0 fully saturated rings. The molecule has 0 atom stereocenters. The molecule has 144 valence electrons. The minimum Gasteiger partial charge on any atom is -0.366 e. The molecular weight excluding hydrogens is 374 g/mol. The number of hydrogen-bond donors (Lipinski definition) is 2. The van der Waals surface area contributed by atoms with Crippen LogP contribution < -0.4 is 11.1 Å². The van der Waals surface area contributed by atoms with E-state index in [0.29, 0.717) is 22.6 Å². The van der Waals surface area contributed by atoms with Gasteiger partial charge in [0, 0.05) is 16.1 Å². The summed E-state index contributed by atoms with van der Waals surface area (Å²) in [6, 6.07) is 11.0. The number of nitrogens with two attached hydrogens (primary N) is 1. The number of halogens is 1. The summed E-state index contributed by atoms with van der Waals surface area (Å²) in [6.07, 6.45) is 1.39. The number of rotatable bonds is 5. The highest BCUT2D eigenvalue weighted by Gasteiger charge is 2.21. The van der Waals surface area contributed by atoms with Crippen LogP contribution in [0.1, 0.15) is 51.4 Å². The number of aromatic nitrogens is 1. The third-order valence-corrected chi connectivity index (χ3v) is 5.20. The first kappa shape index (κ1) is 19.8. The fraction of sp³-hybridized carbons (Fsp3) is 0.227. The van der Waals surface area contributed by atoms with Crippen LogP contribution in [0.4, 0.5) is 5.69 Å². The molecule has 1 heterocycles. The lowest BCUT2D eigenvalue weighted by Gasteiger charge is -2.17. The first-order valence-corrected chi connectivity index (χ1v) is 9.56. The number of benzene rings is 2. The Morgan fingerprint density at radius 2 is 1.89 bits per heavy atom. The molecule has 2 amide bonds. The fourth-order valence-corrected chi connectivity index (χ4v) is 3.64. The SMILES string of the molecule is CCc1ccc(Cl)c(CC)c1NC(=O)c1nc2c(C)cccc2cc1C(N)=O. The van der Waals surface area contributed by atoms with Gasteiger partial charge in [0.15, 0.2) is 0 Å². The molecule has 0 aliphatic rings. The number of carbonyl (C=O) groups excluding carboxylic acids is 2. The van der Waals surface area contributed by atoms with Gasteiger partial charge in [0.1, 0.15) is 5.69 Å². The lowest BCUT2D eigenvalue weighted by Crippen LogP contribution is -2.23. The molecule has 0 saturated carbocycles. The average molecular weight is 396 g/mol. The van der Waals surface area contributed by atoms with Crippen molar-refractivity contribution in [1.82, 2.24) is 4.98 Å². The highest BCUT2D eigenvalue weighted by Crippen LogP contribution is 2.30. The van der Waals surface area contributed by atoms with Crippen molar-refractivity contribution in [2.75, 3.05) is 5.32 Å². The number of amides is 2. The van der Waals surface area contributed by atoms with E-state index in [2.05, 4.69) is 10.3 Å². The van der Waals surface area contributed by atoms with Gasteiger partial charge in [0.25, 0.3) is 11.8 Å². The first-order chi connectivity index (χ1) is 13.4. The molecule has 2 aromatic carbocycles. The Kier molecular flexibility index (Phi) is 5.66. The summed E-state index contributed by atoms with van der Waals surface area (Å²) in [5.41, 5.74) is 9.70. The van der Waals surface area contributed by atoms with Gasteiger partial charge in [-0.25, -0.2) is 4.98 Å². The van der Waals surface area contributed by atoms with Crippen LogP contribution in [0.25, 0.3) is 10.9 Å². The van der Waals surface area contributed by atoms with Gasteiger partial charge >= 0.3 is 0 Å². The van der Waals surface area contributed by atoms with E-state index >= 15 is 0 Å². The van der Waals surface area contributed by atoms with Crippen molar-refractivity contribution in [3.63, 3.8) is 0 Å². The zero-order chi connectivity index (χ0) is 20.4. The molecule has 5 nitrogen and oxygen atoms in total. The molecule has 1 aromatic heterocycles. The topological polar surface area (TPSA) is 85.1 Å². The van der Waals surface area contributed by atoms with Crippen LogP contribution in [0.5, 0.6) is 0 Å². The minimum atomic E-state index is -0.696. The maximum atomic E-state index is 13.1.